The largest absolute Gasteiger partial charge is 0.491 e. The Bertz CT molecular complexity index is 1040. The maximum atomic E-state index is 13.1. The number of benzene rings is 1. The van der Waals surface area contributed by atoms with Gasteiger partial charge < -0.3 is 25.0 Å². The Morgan fingerprint density at radius 2 is 2.10 bits per heavy atom. The first-order valence-electron chi connectivity index (χ1n) is 9.77. The van der Waals surface area contributed by atoms with Crippen molar-refractivity contribution < 1.29 is 14.3 Å². The zero-order chi connectivity index (χ0) is 19.6. The Balaban J connectivity index is 1.52. The van der Waals surface area contributed by atoms with Crippen LogP contribution in [0.4, 0.5) is 17.1 Å². The average Bonchev–Trinajstić information content (AvgIpc) is 3.06. The van der Waals surface area contributed by atoms with Crippen LogP contribution in [0.1, 0.15) is 16.8 Å². The lowest BCUT2D eigenvalue weighted by Crippen LogP contribution is -2.36. The van der Waals surface area contributed by atoms with Crippen LogP contribution in [0.5, 0.6) is 5.75 Å². The van der Waals surface area contributed by atoms with Gasteiger partial charge in [-0.3, -0.25) is 4.79 Å². The van der Waals surface area contributed by atoms with Gasteiger partial charge in [0, 0.05) is 38.1 Å². The molecule has 1 saturated heterocycles. The van der Waals surface area contributed by atoms with E-state index in [1.807, 2.05) is 12.1 Å². The number of fused-ring (bicyclic) bond motifs is 2. The number of morpholine rings is 1. The molecule has 2 aliphatic heterocycles. The topological polar surface area (TPSA) is 93.0 Å². The van der Waals surface area contributed by atoms with Crippen molar-refractivity contribution in [1.82, 2.24) is 14.6 Å². The number of aromatic nitrogens is 3. The molecular formula is C20H22N6O3. The van der Waals surface area contributed by atoms with E-state index >= 15 is 0 Å². The molecule has 2 N–H and O–H groups in total. The third kappa shape index (κ3) is 3.44. The van der Waals surface area contributed by atoms with Gasteiger partial charge in [-0.1, -0.05) is 0 Å². The van der Waals surface area contributed by atoms with Gasteiger partial charge in [0.1, 0.15) is 11.3 Å². The molecule has 0 spiro atoms. The quantitative estimate of drug-likeness (QED) is 0.702. The second-order valence-electron chi connectivity index (χ2n) is 6.99. The Labute approximate surface area is 167 Å². The lowest BCUT2D eigenvalue weighted by atomic mass is 10.1. The number of ether oxygens (including phenoxy) is 2. The SMILES string of the molecule is O=C(Nc1cc2c(cc1N1CCOCC1)OCCCN2)c1cnn2cccnc12. The maximum Gasteiger partial charge on any atom is 0.261 e. The fourth-order valence-corrected chi connectivity index (χ4v) is 3.65. The van der Waals surface area contributed by atoms with Crippen molar-refractivity contribution in [2.45, 2.75) is 6.42 Å². The van der Waals surface area contributed by atoms with Gasteiger partial charge in [0.25, 0.3) is 5.91 Å². The molecule has 2 aromatic heterocycles. The maximum absolute atomic E-state index is 13.1. The zero-order valence-electron chi connectivity index (χ0n) is 15.9. The van der Waals surface area contributed by atoms with Crippen LogP contribution in [0.2, 0.25) is 0 Å². The van der Waals surface area contributed by atoms with E-state index in [1.165, 1.54) is 6.20 Å². The van der Waals surface area contributed by atoms with E-state index in [0.29, 0.717) is 31.0 Å². The van der Waals surface area contributed by atoms with Crippen molar-refractivity contribution in [2.24, 2.45) is 0 Å². The van der Waals surface area contributed by atoms with Gasteiger partial charge in [-0.2, -0.15) is 5.10 Å². The minimum atomic E-state index is -0.248. The molecule has 29 heavy (non-hydrogen) atoms. The van der Waals surface area contributed by atoms with Crippen LogP contribution in [0, 0.1) is 0 Å². The lowest BCUT2D eigenvalue weighted by molar-refractivity contribution is 0.102. The fourth-order valence-electron chi connectivity index (χ4n) is 3.65. The molecule has 0 saturated carbocycles. The van der Waals surface area contributed by atoms with Gasteiger partial charge in [0.15, 0.2) is 5.65 Å². The molecule has 150 valence electrons. The molecule has 2 aliphatic rings. The first-order chi connectivity index (χ1) is 14.3. The second kappa shape index (κ2) is 7.59. The van der Waals surface area contributed by atoms with Crippen LogP contribution < -0.4 is 20.3 Å². The van der Waals surface area contributed by atoms with Crippen LogP contribution in [-0.2, 0) is 4.74 Å². The van der Waals surface area contributed by atoms with E-state index < -0.39 is 0 Å². The number of anilines is 3. The summed E-state index contributed by atoms with van der Waals surface area (Å²) in [5.41, 5.74) is 3.48. The summed E-state index contributed by atoms with van der Waals surface area (Å²) in [7, 11) is 0. The smallest absolute Gasteiger partial charge is 0.261 e. The van der Waals surface area contributed by atoms with Crippen molar-refractivity contribution in [1.29, 1.82) is 0 Å². The fraction of sp³-hybridized carbons (Fsp3) is 0.350. The highest BCUT2D eigenvalue weighted by molar-refractivity contribution is 6.09. The Morgan fingerprint density at radius 3 is 3.00 bits per heavy atom. The molecule has 3 aromatic rings. The number of carbonyl (C=O) groups excluding carboxylic acids is 1. The second-order valence-corrected chi connectivity index (χ2v) is 6.99. The average molecular weight is 394 g/mol. The van der Waals surface area contributed by atoms with Gasteiger partial charge in [0.2, 0.25) is 0 Å². The molecule has 1 aromatic carbocycles. The predicted octanol–water partition coefficient (Wildman–Crippen LogP) is 2.01. The standard InChI is InChI=1S/C20H22N6O3/c27-20(14-13-23-26-5-1-3-22-19(14)26)24-15-11-16-18(29-8-2-4-21-16)12-17(15)25-6-9-28-10-7-25/h1,3,5,11-13,21H,2,4,6-10H2,(H,24,27). The summed E-state index contributed by atoms with van der Waals surface area (Å²) in [5.74, 6) is 0.558. The molecule has 4 heterocycles. The Morgan fingerprint density at radius 1 is 1.21 bits per heavy atom. The summed E-state index contributed by atoms with van der Waals surface area (Å²) in [6, 6.07) is 5.72. The first kappa shape index (κ1) is 17.7. The third-order valence-electron chi connectivity index (χ3n) is 5.12. The monoisotopic (exact) mass is 394 g/mol. The molecule has 0 aliphatic carbocycles. The highest BCUT2D eigenvalue weighted by Gasteiger charge is 2.22. The van der Waals surface area contributed by atoms with Gasteiger partial charge in [0.05, 0.1) is 43.1 Å². The summed E-state index contributed by atoms with van der Waals surface area (Å²) < 4.78 is 13.0. The van der Waals surface area contributed by atoms with E-state index in [4.69, 9.17) is 9.47 Å². The molecule has 9 heteroatoms. The number of hydrogen-bond acceptors (Lipinski definition) is 7. The molecule has 0 atom stereocenters. The number of amides is 1. The molecule has 0 unspecified atom stereocenters. The van der Waals surface area contributed by atoms with E-state index in [9.17, 15) is 4.79 Å². The highest BCUT2D eigenvalue weighted by Crippen LogP contribution is 2.38. The molecule has 0 radical (unpaired) electrons. The normalized spacial score (nSPS) is 16.5. The number of nitrogens with zero attached hydrogens (tertiary/aromatic N) is 4. The van der Waals surface area contributed by atoms with E-state index in [1.54, 1.807) is 23.0 Å². The molecule has 0 bridgehead atoms. The minimum absolute atomic E-state index is 0.248. The molecular weight excluding hydrogens is 372 g/mol. The number of rotatable bonds is 3. The van der Waals surface area contributed by atoms with Gasteiger partial charge >= 0.3 is 0 Å². The summed E-state index contributed by atoms with van der Waals surface area (Å²) in [5, 5.41) is 10.7. The molecule has 5 rings (SSSR count). The minimum Gasteiger partial charge on any atom is -0.491 e. The van der Waals surface area contributed by atoms with Crippen molar-refractivity contribution in [3.05, 3.63) is 42.4 Å². The van der Waals surface area contributed by atoms with E-state index in [-0.39, 0.29) is 5.91 Å². The van der Waals surface area contributed by atoms with Crippen LogP contribution in [0.3, 0.4) is 0 Å². The lowest BCUT2D eigenvalue weighted by Gasteiger charge is -2.31. The number of hydrogen-bond donors (Lipinski definition) is 2. The Kier molecular flexibility index (Phi) is 4.65. The van der Waals surface area contributed by atoms with Crippen LogP contribution >= 0.6 is 0 Å². The number of carbonyl (C=O) groups is 1. The van der Waals surface area contributed by atoms with Gasteiger partial charge in [-0.15, -0.1) is 0 Å². The molecule has 1 fully saturated rings. The Hall–Kier alpha value is -3.33. The summed E-state index contributed by atoms with van der Waals surface area (Å²) in [6.07, 6.45) is 5.88. The van der Waals surface area contributed by atoms with Gasteiger partial charge in [-0.05, 0) is 18.6 Å². The van der Waals surface area contributed by atoms with E-state index in [0.717, 1.165) is 48.9 Å². The summed E-state index contributed by atoms with van der Waals surface area (Å²) in [6.45, 7) is 4.32. The van der Waals surface area contributed by atoms with Crippen molar-refractivity contribution in [3.8, 4) is 5.75 Å². The third-order valence-corrected chi connectivity index (χ3v) is 5.12. The van der Waals surface area contributed by atoms with Crippen LogP contribution in [0.25, 0.3) is 5.65 Å². The van der Waals surface area contributed by atoms with E-state index in [2.05, 4.69) is 25.6 Å². The predicted molar refractivity (Wildman–Crippen MR) is 109 cm³/mol. The molecule has 9 nitrogen and oxygen atoms in total. The summed E-state index contributed by atoms with van der Waals surface area (Å²) >= 11 is 0. The van der Waals surface area contributed by atoms with Crippen LogP contribution in [-0.4, -0.2) is 60.0 Å². The number of nitrogens with one attached hydrogen (secondary N) is 2. The van der Waals surface area contributed by atoms with Crippen LogP contribution in [0.15, 0.2) is 36.8 Å². The van der Waals surface area contributed by atoms with Crippen molar-refractivity contribution in [3.63, 3.8) is 0 Å². The summed E-state index contributed by atoms with van der Waals surface area (Å²) in [4.78, 5) is 19.6. The first-order valence-corrected chi connectivity index (χ1v) is 9.77. The molecule has 1 amide bonds. The zero-order valence-corrected chi connectivity index (χ0v) is 15.9. The van der Waals surface area contributed by atoms with Crippen molar-refractivity contribution in [2.75, 3.05) is 55.0 Å². The van der Waals surface area contributed by atoms with Gasteiger partial charge in [-0.25, -0.2) is 9.50 Å². The highest BCUT2D eigenvalue weighted by atomic mass is 16.5. The van der Waals surface area contributed by atoms with Crippen molar-refractivity contribution >= 4 is 28.6 Å².